The second-order valence-electron chi connectivity index (χ2n) is 8.47. The molecule has 3 aromatic carbocycles. The molecule has 3 rings (SSSR count). The molecule has 0 saturated heterocycles. The van der Waals surface area contributed by atoms with Gasteiger partial charge in [0, 0.05) is 28.3 Å². The van der Waals surface area contributed by atoms with Crippen LogP contribution in [-0.2, 0) is 10.5 Å². The molecule has 0 spiro atoms. The van der Waals surface area contributed by atoms with Crippen LogP contribution >= 0.6 is 11.8 Å². The summed E-state index contributed by atoms with van der Waals surface area (Å²) >= 11 is 1.65. The minimum Gasteiger partial charge on any atom is -0.462 e. The molecular weight excluding hydrogens is 458 g/mol. The maximum Gasteiger partial charge on any atom is 0.338 e. The van der Waals surface area contributed by atoms with E-state index in [0.29, 0.717) is 34.9 Å². The Morgan fingerprint density at radius 1 is 1.00 bits per heavy atom. The van der Waals surface area contributed by atoms with E-state index in [-0.39, 0.29) is 18.3 Å². The first kappa shape index (κ1) is 26.0. The Morgan fingerprint density at radius 2 is 1.69 bits per heavy atom. The number of nitrogens with two attached hydrogens (primary N) is 1. The van der Waals surface area contributed by atoms with Crippen LogP contribution < -0.4 is 11.1 Å². The molecule has 0 atom stereocenters. The number of nitrogen functional groups attached to an aromatic ring is 1. The monoisotopic (exact) mass is 489 g/mol. The van der Waals surface area contributed by atoms with Gasteiger partial charge in [-0.15, -0.1) is 11.8 Å². The van der Waals surface area contributed by atoms with E-state index in [1.807, 2.05) is 68.4 Å². The zero-order chi connectivity index (χ0) is 25.4. The van der Waals surface area contributed by atoms with E-state index in [2.05, 4.69) is 5.32 Å². The van der Waals surface area contributed by atoms with Crippen molar-refractivity contribution in [1.82, 2.24) is 5.32 Å². The molecule has 0 aliphatic heterocycles. The standard InChI is InChI=1S/C28H31N3O3S/c1-4-34-28(33)25-15-20(27(32)31-16-18(2)3)11-14-24(25)23-8-6-5-7-21(23)17-35-22-12-9-19(10-13-22)26(29)30/h5-15,18H,4,16-17H2,1-3H3,(H3,29,30)(H,31,32). The average Bonchev–Trinajstić information content (AvgIpc) is 2.86. The van der Waals surface area contributed by atoms with E-state index in [9.17, 15) is 9.59 Å². The van der Waals surface area contributed by atoms with E-state index in [4.69, 9.17) is 15.9 Å². The lowest BCUT2D eigenvalue weighted by molar-refractivity contribution is 0.0527. The van der Waals surface area contributed by atoms with E-state index < -0.39 is 5.97 Å². The summed E-state index contributed by atoms with van der Waals surface area (Å²) in [6.45, 7) is 6.62. The predicted molar refractivity (Wildman–Crippen MR) is 142 cm³/mol. The van der Waals surface area contributed by atoms with Gasteiger partial charge in [-0.3, -0.25) is 10.2 Å². The minimum absolute atomic E-state index is 0.0414. The molecule has 0 aliphatic carbocycles. The Morgan fingerprint density at radius 3 is 2.34 bits per heavy atom. The zero-order valence-electron chi connectivity index (χ0n) is 20.3. The number of esters is 1. The van der Waals surface area contributed by atoms with Gasteiger partial charge < -0.3 is 15.8 Å². The SMILES string of the molecule is CCOC(=O)c1cc(C(=O)NCC(C)C)ccc1-c1ccccc1CSc1ccc(C(=N)N)cc1. The van der Waals surface area contributed by atoms with Crippen molar-refractivity contribution < 1.29 is 14.3 Å². The van der Waals surface area contributed by atoms with Crippen molar-refractivity contribution in [2.45, 2.75) is 31.4 Å². The number of carbonyl (C=O) groups is 2. The lowest BCUT2D eigenvalue weighted by Gasteiger charge is -2.15. The van der Waals surface area contributed by atoms with Crippen LogP contribution in [0.1, 0.15) is 52.6 Å². The first-order valence-corrected chi connectivity index (χ1v) is 12.5. The molecular formula is C28H31N3O3S. The van der Waals surface area contributed by atoms with Gasteiger partial charge in [0.05, 0.1) is 12.2 Å². The molecule has 0 unspecified atom stereocenters. The third-order valence-electron chi connectivity index (χ3n) is 5.32. The molecule has 0 fully saturated rings. The number of ether oxygens (including phenoxy) is 1. The van der Waals surface area contributed by atoms with Crippen molar-refractivity contribution in [2.24, 2.45) is 11.7 Å². The average molecular weight is 490 g/mol. The molecule has 3 aromatic rings. The Bertz CT molecular complexity index is 1210. The van der Waals surface area contributed by atoms with E-state index in [1.165, 1.54) is 0 Å². The van der Waals surface area contributed by atoms with Crippen LogP contribution in [0.3, 0.4) is 0 Å². The van der Waals surface area contributed by atoms with Crippen LogP contribution in [0.2, 0.25) is 0 Å². The number of hydrogen-bond donors (Lipinski definition) is 3. The van der Waals surface area contributed by atoms with Crippen LogP contribution in [-0.4, -0.2) is 30.9 Å². The van der Waals surface area contributed by atoms with Crippen molar-refractivity contribution >= 4 is 29.5 Å². The molecule has 0 aliphatic rings. The number of benzene rings is 3. The van der Waals surface area contributed by atoms with Crippen molar-refractivity contribution in [3.8, 4) is 11.1 Å². The maximum absolute atomic E-state index is 12.9. The fourth-order valence-electron chi connectivity index (χ4n) is 3.50. The largest absolute Gasteiger partial charge is 0.462 e. The van der Waals surface area contributed by atoms with Gasteiger partial charge in [0.15, 0.2) is 0 Å². The minimum atomic E-state index is -0.455. The number of thioether (sulfide) groups is 1. The quantitative estimate of drug-likeness (QED) is 0.151. The highest BCUT2D eigenvalue weighted by Gasteiger charge is 2.19. The first-order valence-electron chi connectivity index (χ1n) is 11.5. The normalized spacial score (nSPS) is 10.7. The van der Waals surface area contributed by atoms with E-state index in [1.54, 1.807) is 30.8 Å². The second kappa shape index (κ2) is 12.2. The van der Waals surface area contributed by atoms with E-state index >= 15 is 0 Å². The number of amidine groups is 1. The van der Waals surface area contributed by atoms with Gasteiger partial charge in [-0.25, -0.2) is 4.79 Å². The summed E-state index contributed by atoms with van der Waals surface area (Å²) in [5.41, 5.74) is 9.72. The van der Waals surface area contributed by atoms with Crippen molar-refractivity contribution in [3.05, 3.63) is 89.0 Å². The van der Waals surface area contributed by atoms with Crippen LogP contribution in [0, 0.1) is 11.3 Å². The number of hydrogen-bond acceptors (Lipinski definition) is 5. The van der Waals surface area contributed by atoms with Gasteiger partial charge in [-0.1, -0.05) is 56.3 Å². The lowest BCUT2D eigenvalue weighted by atomic mass is 9.94. The van der Waals surface area contributed by atoms with Gasteiger partial charge in [-0.05, 0) is 53.8 Å². The molecule has 0 heterocycles. The third-order valence-corrected chi connectivity index (χ3v) is 6.38. The number of rotatable bonds is 10. The van der Waals surface area contributed by atoms with Crippen LogP contribution in [0.4, 0.5) is 0 Å². The molecule has 6 nitrogen and oxygen atoms in total. The molecule has 0 aromatic heterocycles. The molecule has 0 radical (unpaired) electrons. The van der Waals surface area contributed by atoms with Crippen LogP contribution in [0.5, 0.6) is 0 Å². The van der Waals surface area contributed by atoms with Crippen LogP contribution in [0.25, 0.3) is 11.1 Å². The summed E-state index contributed by atoms with van der Waals surface area (Å²) in [4.78, 5) is 26.6. The summed E-state index contributed by atoms with van der Waals surface area (Å²) in [6.07, 6.45) is 0. The Kier molecular flexibility index (Phi) is 9.09. The summed E-state index contributed by atoms with van der Waals surface area (Å²) in [7, 11) is 0. The van der Waals surface area contributed by atoms with Gasteiger partial charge >= 0.3 is 5.97 Å². The molecule has 7 heteroatoms. The second-order valence-corrected chi connectivity index (χ2v) is 9.52. The van der Waals surface area contributed by atoms with Gasteiger partial charge in [-0.2, -0.15) is 0 Å². The zero-order valence-corrected chi connectivity index (χ0v) is 21.1. The van der Waals surface area contributed by atoms with Crippen molar-refractivity contribution in [3.63, 3.8) is 0 Å². The maximum atomic E-state index is 12.9. The smallest absolute Gasteiger partial charge is 0.338 e. The Balaban J connectivity index is 1.92. The topological polar surface area (TPSA) is 105 Å². The van der Waals surface area contributed by atoms with Gasteiger partial charge in [0.25, 0.3) is 5.91 Å². The molecule has 1 amide bonds. The highest BCUT2D eigenvalue weighted by atomic mass is 32.2. The molecule has 4 N–H and O–H groups in total. The molecule has 0 saturated carbocycles. The summed E-state index contributed by atoms with van der Waals surface area (Å²) in [6, 6.07) is 20.6. The van der Waals surface area contributed by atoms with Gasteiger partial charge in [0.1, 0.15) is 5.84 Å². The van der Waals surface area contributed by atoms with Crippen molar-refractivity contribution in [1.29, 1.82) is 5.41 Å². The highest BCUT2D eigenvalue weighted by molar-refractivity contribution is 7.98. The highest BCUT2D eigenvalue weighted by Crippen LogP contribution is 2.33. The first-order chi connectivity index (χ1) is 16.8. The predicted octanol–water partition coefficient (Wildman–Crippen LogP) is 5.49. The van der Waals surface area contributed by atoms with Gasteiger partial charge in [0.2, 0.25) is 0 Å². The molecule has 35 heavy (non-hydrogen) atoms. The molecule has 0 bridgehead atoms. The summed E-state index contributed by atoms with van der Waals surface area (Å²) in [5, 5.41) is 10.4. The number of nitrogens with one attached hydrogen (secondary N) is 2. The lowest BCUT2D eigenvalue weighted by Crippen LogP contribution is -2.27. The summed E-state index contributed by atoms with van der Waals surface area (Å²) in [5.74, 6) is 0.372. The fourth-order valence-corrected chi connectivity index (χ4v) is 4.40. The summed E-state index contributed by atoms with van der Waals surface area (Å²) < 4.78 is 5.32. The fraction of sp³-hybridized carbons (Fsp3) is 0.250. The Hall–Kier alpha value is -3.58. The molecule has 182 valence electrons. The number of amides is 1. The van der Waals surface area contributed by atoms with Crippen LogP contribution in [0.15, 0.2) is 71.6 Å². The third kappa shape index (κ3) is 6.96. The Labute approximate surface area is 210 Å². The number of carbonyl (C=O) groups excluding carboxylic acids is 2. The van der Waals surface area contributed by atoms with Crippen molar-refractivity contribution in [2.75, 3.05) is 13.2 Å². The van der Waals surface area contributed by atoms with E-state index in [0.717, 1.165) is 21.6 Å².